The molecule has 28 heavy (non-hydrogen) atoms. The summed E-state index contributed by atoms with van der Waals surface area (Å²) in [4.78, 5) is 14.9. The molecule has 1 amide bonds. The minimum absolute atomic E-state index is 0.00974. The molecule has 2 fully saturated rings. The minimum atomic E-state index is -3.08. The van der Waals surface area contributed by atoms with Crippen molar-refractivity contribution in [3.63, 3.8) is 0 Å². The molecule has 2 saturated heterocycles. The van der Waals surface area contributed by atoms with Crippen molar-refractivity contribution in [1.29, 1.82) is 0 Å². The number of rotatable bonds is 8. The number of unbranched alkanes of at least 4 members (excludes halogenated alkanes) is 3. The van der Waals surface area contributed by atoms with E-state index < -0.39 is 9.84 Å². The van der Waals surface area contributed by atoms with Gasteiger partial charge in [0.1, 0.15) is 10.1 Å². The van der Waals surface area contributed by atoms with Crippen LogP contribution in [0, 0.1) is 0 Å². The quantitative estimate of drug-likeness (QED) is 0.346. The third-order valence-corrected chi connectivity index (χ3v) is 7.94. The second-order valence-electron chi connectivity index (χ2n) is 7.06. The molecular weight excluding hydrogens is 414 g/mol. The molecule has 2 aliphatic rings. The van der Waals surface area contributed by atoms with E-state index in [4.69, 9.17) is 17.0 Å². The molecule has 0 aliphatic carbocycles. The van der Waals surface area contributed by atoms with Gasteiger partial charge in [0, 0.05) is 5.56 Å². The van der Waals surface area contributed by atoms with E-state index in [0.29, 0.717) is 22.3 Å². The monoisotopic (exact) mass is 439 g/mol. The van der Waals surface area contributed by atoms with Crippen LogP contribution in [0.15, 0.2) is 29.2 Å². The molecule has 0 spiro atoms. The normalized spacial score (nSPS) is 23.0. The number of para-hydroxylation sites is 1. The molecule has 0 N–H and O–H groups in total. The van der Waals surface area contributed by atoms with Crippen LogP contribution in [0.4, 0.5) is 0 Å². The van der Waals surface area contributed by atoms with E-state index >= 15 is 0 Å². The standard InChI is InChI=1S/C20H25NO4S3/c1-2-3-4-7-11-25-17-9-6-5-8-15(17)13-18-19(22)21(20(26)27-18)16-10-12-28(23,24)14-16/h5-6,8-9,13,16H,2-4,7,10-12,14H2,1H3/b18-13+/t16-/m1/s1. The fraction of sp³-hybridized carbons (Fsp3) is 0.500. The van der Waals surface area contributed by atoms with Gasteiger partial charge in [-0.05, 0) is 25.0 Å². The van der Waals surface area contributed by atoms with Crippen molar-refractivity contribution in [2.45, 2.75) is 45.1 Å². The van der Waals surface area contributed by atoms with Gasteiger partial charge in [0.05, 0.1) is 29.1 Å². The molecule has 2 heterocycles. The first-order chi connectivity index (χ1) is 13.4. The summed E-state index contributed by atoms with van der Waals surface area (Å²) in [6.07, 6.45) is 6.76. The number of benzene rings is 1. The molecule has 1 aromatic carbocycles. The maximum Gasteiger partial charge on any atom is 0.266 e. The SMILES string of the molecule is CCCCCCOc1ccccc1/C=C1/SC(=S)N([C@@H]2CCS(=O)(=O)C2)C1=O. The molecule has 3 rings (SSSR count). The topological polar surface area (TPSA) is 63.7 Å². The molecule has 152 valence electrons. The lowest BCUT2D eigenvalue weighted by Crippen LogP contribution is -2.39. The van der Waals surface area contributed by atoms with Gasteiger partial charge in [-0.15, -0.1) is 0 Å². The number of nitrogens with zero attached hydrogens (tertiary/aromatic N) is 1. The number of thioether (sulfide) groups is 1. The number of sulfone groups is 1. The van der Waals surface area contributed by atoms with Crippen LogP contribution in [0.3, 0.4) is 0 Å². The molecule has 0 unspecified atom stereocenters. The molecule has 5 nitrogen and oxygen atoms in total. The highest BCUT2D eigenvalue weighted by molar-refractivity contribution is 8.26. The maximum atomic E-state index is 12.9. The zero-order chi connectivity index (χ0) is 20.1. The van der Waals surface area contributed by atoms with Gasteiger partial charge in [-0.2, -0.15) is 0 Å². The first-order valence-corrected chi connectivity index (χ1v) is 12.6. The number of amides is 1. The summed E-state index contributed by atoms with van der Waals surface area (Å²) in [6, 6.07) is 7.27. The summed E-state index contributed by atoms with van der Waals surface area (Å²) in [7, 11) is -3.08. The lowest BCUT2D eigenvalue weighted by atomic mass is 10.1. The van der Waals surface area contributed by atoms with Gasteiger partial charge in [-0.3, -0.25) is 9.69 Å². The predicted molar refractivity (Wildman–Crippen MR) is 118 cm³/mol. The van der Waals surface area contributed by atoms with Crippen LogP contribution >= 0.6 is 24.0 Å². The second-order valence-corrected chi connectivity index (χ2v) is 11.0. The Morgan fingerprint density at radius 3 is 2.79 bits per heavy atom. The van der Waals surface area contributed by atoms with Gasteiger partial charge in [0.25, 0.3) is 5.91 Å². The van der Waals surface area contributed by atoms with Crippen molar-refractivity contribution in [1.82, 2.24) is 4.90 Å². The Kier molecular flexibility index (Phi) is 7.17. The van der Waals surface area contributed by atoms with Gasteiger partial charge in [-0.25, -0.2) is 8.42 Å². The largest absolute Gasteiger partial charge is 0.493 e. The van der Waals surface area contributed by atoms with E-state index in [1.54, 1.807) is 6.08 Å². The highest BCUT2D eigenvalue weighted by atomic mass is 32.2. The summed E-state index contributed by atoms with van der Waals surface area (Å²) in [5.74, 6) is 0.634. The van der Waals surface area contributed by atoms with Crippen molar-refractivity contribution in [3.05, 3.63) is 34.7 Å². The average Bonchev–Trinajstić information content (AvgIpc) is 3.14. The summed E-state index contributed by atoms with van der Waals surface area (Å²) < 4.78 is 29.9. The van der Waals surface area contributed by atoms with Crippen LogP contribution in [0.5, 0.6) is 5.75 Å². The number of carbonyl (C=O) groups excluding carboxylic acids is 1. The summed E-state index contributed by atoms with van der Waals surface area (Å²) >= 11 is 6.59. The highest BCUT2D eigenvalue weighted by Gasteiger charge is 2.42. The molecule has 0 bridgehead atoms. The van der Waals surface area contributed by atoms with Crippen molar-refractivity contribution < 1.29 is 17.9 Å². The zero-order valence-corrected chi connectivity index (χ0v) is 18.4. The van der Waals surface area contributed by atoms with E-state index in [2.05, 4.69) is 6.92 Å². The summed E-state index contributed by atoms with van der Waals surface area (Å²) in [5.41, 5.74) is 0.831. The summed E-state index contributed by atoms with van der Waals surface area (Å²) in [5, 5.41) is 0. The Morgan fingerprint density at radius 2 is 2.07 bits per heavy atom. The van der Waals surface area contributed by atoms with Crippen LogP contribution in [0.2, 0.25) is 0 Å². The van der Waals surface area contributed by atoms with Gasteiger partial charge in [-0.1, -0.05) is 68.4 Å². The maximum absolute atomic E-state index is 12.9. The zero-order valence-electron chi connectivity index (χ0n) is 15.9. The Morgan fingerprint density at radius 1 is 1.29 bits per heavy atom. The van der Waals surface area contributed by atoms with E-state index in [0.717, 1.165) is 24.2 Å². The van der Waals surface area contributed by atoms with E-state index in [1.165, 1.54) is 29.5 Å². The van der Waals surface area contributed by atoms with Crippen LogP contribution in [0.25, 0.3) is 6.08 Å². The third kappa shape index (κ3) is 5.15. The van der Waals surface area contributed by atoms with E-state index in [1.807, 2.05) is 24.3 Å². The first-order valence-electron chi connectivity index (χ1n) is 9.60. The number of carbonyl (C=O) groups is 1. The smallest absolute Gasteiger partial charge is 0.266 e. The second kappa shape index (κ2) is 9.41. The lowest BCUT2D eigenvalue weighted by Gasteiger charge is -2.20. The van der Waals surface area contributed by atoms with Gasteiger partial charge >= 0.3 is 0 Å². The number of ether oxygens (including phenoxy) is 1. The van der Waals surface area contributed by atoms with Gasteiger partial charge in [0.2, 0.25) is 0 Å². The van der Waals surface area contributed by atoms with Crippen LogP contribution in [0.1, 0.15) is 44.6 Å². The molecular formula is C20H25NO4S3. The number of hydrogen-bond acceptors (Lipinski definition) is 6. The van der Waals surface area contributed by atoms with Crippen molar-refractivity contribution >= 4 is 50.1 Å². The van der Waals surface area contributed by atoms with E-state index in [9.17, 15) is 13.2 Å². The summed E-state index contributed by atoms with van der Waals surface area (Å²) in [6.45, 7) is 2.82. The minimum Gasteiger partial charge on any atom is -0.493 e. The van der Waals surface area contributed by atoms with Gasteiger partial charge < -0.3 is 4.74 Å². The highest BCUT2D eigenvalue weighted by Crippen LogP contribution is 2.37. The molecule has 0 radical (unpaired) electrons. The molecule has 2 aliphatic heterocycles. The number of hydrogen-bond donors (Lipinski definition) is 0. The van der Waals surface area contributed by atoms with Gasteiger partial charge in [0.15, 0.2) is 9.84 Å². The molecule has 1 aromatic rings. The Hall–Kier alpha value is -1.38. The Bertz CT molecular complexity index is 879. The van der Waals surface area contributed by atoms with Crippen molar-refractivity contribution in [2.24, 2.45) is 0 Å². The van der Waals surface area contributed by atoms with Crippen LogP contribution in [-0.2, 0) is 14.6 Å². The van der Waals surface area contributed by atoms with Crippen molar-refractivity contribution in [2.75, 3.05) is 18.1 Å². The van der Waals surface area contributed by atoms with E-state index in [-0.39, 0.29) is 23.5 Å². The Balaban J connectivity index is 1.72. The fourth-order valence-corrected chi connectivity index (χ4v) is 6.45. The molecule has 1 atom stereocenters. The van der Waals surface area contributed by atoms with Crippen LogP contribution in [-0.4, -0.2) is 47.7 Å². The molecule has 0 saturated carbocycles. The number of thiocarbonyl (C=S) groups is 1. The predicted octanol–water partition coefficient (Wildman–Crippen LogP) is 4.03. The lowest BCUT2D eigenvalue weighted by molar-refractivity contribution is -0.123. The molecule has 8 heteroatoms. The Labute approximate surface area is 176 Å². The third-order valence-electron chi connectivity index (χ3n) is 4.86. The van der Waals surface area contributed by atoms with Crippen molar-refractivity contribution in [3.8, 4) is 5.75 Å². The molecule has 0 aromatic heterocycles. The van der Waals surface area contributed by atoms with Crippen LogP contribution < -0.4 is 4.74 Å². The first kappa shape index (κ1) is 21.3. The average molecular weight is 440 g/mol. The fourth-order valence-electron chi connectivity index (χ4n) is 3.36.